The first kappa shape index (κ1) is 18.4. The van der Waals surface area contributed by atoms with Crippen molar-refractivity contribution in [1.29, 1.82) is 0 Å². The summed E-state index contributed by atoms with van der Waals surface area (Å²) in [4.78, 5) is 19.4. The summed E-state index contributed by atoms with van der Waals surface area (Å²) in [6.07, 6.45) is 1.80. The summed E-state index contributed by atoms with van der Waals surface area (Å²) in [7, 11) is 0. The van der Waals surface area contributed by atoms with Gasteiger partial charge in [0, 0.05) is 22.2 Å². The average Bonchev–Trinajstić information content (AvgIpc) is 2.83. The topological polar surface area (TPSA) is 51.6 Å². The van der Waals surface area contributed by atoms with Crippen LogP contribution in [0.15, 0.2) is 72.8 Å². The van der Waals surface area contributed by atoms with E-state index < -0.39 is 0 Å². The number of pyridine rings is 4. The first-order valence-electron chi connectivity index (χ1n) is 10.4. The van der Waals surface area contributed by atoms with Crippen LogP contribution in [0.4, 0.5) is 0 Å². The van der Waals surface area contributed by atoms with Crippen LogP contribution in [0.1, 0.15) is 25.2 Å². The van der Waals surface area contributed by atoms with Gasteiger partial charge >= 0.3 is 0 Å². The minimum Gasteiger partial charge on any atom is -0.251 e. The fraction of sp³-hybridized carbons (Fsp3) is 0.154. The van der Waals surface area contributed by atoms with Gasteiger partial charge in [0.05, 0.1) is 33.8 Å². The van der Waals surface area contributed by atoms with Gasteiger partial charge in [0.15, 0.2) is 0 Å². The summed E-state index contributed by atoms with van der Waals surface area (Å²) >= 11 is 0. The molecule has 5 rings (SSSR count). The van der Waals surface area contributed by atoms with E-state index in [2.05, 4.69) is 38.1 Å². The van der Waals surface area contributed by atoms with Gasteiger partial charge in [-0.2, -0.15) is 0 Å². The van der Waals surface area contributed by atoms with Gasteiger partial charge in [-0.25, -0.2) is 9.97 Å². The van der Waals surface area contributed by atoms with Crippen LogP contribution in [0.5, 0.6) is 0 Å². The lowest BCUT2D eigenvalue weighted by Gasteiger charge is -2.08. The number of nitrogens with zero attached hydrogens (tertiary/aromatic N) is 4. The largest absolute Gasteiger partial charge is 0.251 e. The minimum atomic E-state index is 0.864. The number of rotatable bonds is 4. The molecule has 146 valence electrons. The van der Waals surface area contributed by atoms with Gasteiger partial charge in [0.2, 0.25) is 0 Å². The number of aromatic nitrogens is 4. The van der Waals surface area contributed by atoms with Crippen molar-refractivity contribution >= 4 is 21.8 Å². The summed E-state index contributed by atoms with van der Waals surface area (Å²) in [5, 5.41) is 2.13. The van der Waals surface area contributed by atoms with E-state index in [0.717, 1.165) is 68.8 Å². The number of benzene rings is 1. The van der Waals surface area contributed by atoms with E-state index in [9.17, 15) is 0 Å². The maximum Gasteiger partial charge on any atom is 0.0973 e. The van der Waals surface area contributed by atoms with Crippen LogP contribution in [-0.4, -0.2) is 19.9 Å². The summed E-state index contributed by atoms with van der Waals surface area (Å²) in [6, 6.07) is 24.7. The third-order valence-corrected chi connectivity index (χ3v) is 5.38. The molecule has 0 amide bonds. The van der Waals surface area contributed by atoms with Gasteiger partial charge in [-0.3, -0.25) is 9.97 Å². The van der Waals surface area contributed by atoms with Crippen molar-refractivity contribution in [2.75, 3.05) is 0 Å². The summed E-state index contributed by atoms with van der Waals surface area (Å²) in [6.45, 7) is 4.22. The Morgan fingerprint density at radius 2 is 0.867 bits per heavy atom. The molecule has 1 aromatic carbocycles. The van der Waals surface area contributed by atoms with Gasteiger partial charge < -0.3 is 0 Å². The first-order chi connectivity index (χ1) is 14.7. The van der Waals surface area contributed by atoms with Crippen molar-refractivity contribution in [3.8, 4) is 22.8 Å². The molecule has 0 atom stereocenters. The quantitative estimate of drug-likeness (QED) is 0.352. The lowest BCUT2D eigenvalue weighted by molar-refractivity contribution is 1.03. The van der Waals surface area contributed by atoms with Crippen LogP contribution in [0.3, 0.4) is 0 Å². The van der Waals surface area contributed by atoms with E-state index in [1.165, 1.54) is 0 Å². The Balaban J connectivity index is 1.70. The van der Waals surface area contributed by atoms with Crippen molar-refractivity contribution in [3.05, 3.63) is 84.2 Å². The molecule has 0 aliphatic carbocycles. The SMILES string of the molecule is CCc1cccc(-c2ccc3ccc4ccc(-c5cccc(CC)n5)nc4c3n2)n1. The lowest BCUT2D eigenvalue weighted by atomic mass is 10.1. The Hall–Kier alpha value is -3.66. The molecule has 0 radical (unpaired) electrons. The molecule has 4 heteroatoms. The Bertz CT molecular complexity index is 1270. The summed E-state index contributed by atoms with van der Waals surface area (Å²) < 4.78 is 0. The molecule has 4 nitrogen and oxygen atoms in total. The Morgan fingerprint density at radius 1 is 0.467 bits per heavy atom. The highest BCUT2D eigenvalue weighted by molar-refractivity contribution is 6.04. The molecule has 0 unspecified atom stereocenters. The predicted molar refractivity (Wildman–Crippen MR) is 122 cm³/mol. The van der Waals surface area contributed by atoms with Gasteiger partial charge in [0.25, 0.3) is 0 Å². The molecule has 0 bridgehead atoms. The van der Waals surface area contributed by atoms with E-state index >= 15 is 0 Å². The molecule has 0 saturated heterocycles. The Kier molecular flexibility index (Phi) is 4.68. The number of fused-ring (bicyclic) bond motifs is 3. The average molecular weight is 390 g/mol. The third kappa shape index (κ3) is 3.30. The zero-order valence-corrected chi connectivity index (χ0v) is 17.1. The lowest BCUT2D eigenvalue weighted by Crippen LogP contribution is -1.95. The first-order valence-corrected chi connectivity index (χ1v) is 10.4. The highest BCUT2D eigenvalue weighted by Gasteiger charge is 2.10. The molecule has 0 saturated carbocycles. The van der Waals surface area contributed by atoms with Crippen molar-refractivity contribution in [1.82, 2.24) is 19.9 Å². The zero-order chi connectivity index (χ0) is 20.5. The summed E-state index contributed by atoms with van der Waals surface area (Å²) in [5.41, 5.74) is 7.42. The summed E-state index contributed by atoms with van der Waals surface area (Å²) in [5.74, 6) is 0. The van der Waals surface area contributed by atoms with Crippen LogP contribution in [-0.2, 0) is 12.8 Å². The van der Waals surface area contributed by atoms with Crippen LogP contribution in [0.2, 0.25) is 0 Å². The standard InChI is InChI=1S/C26H22N4/c1-3-19-7-5-9-21(27-19)23-15-13-17-11-12-18-14-16-24(30-26(18)25(17)29-23)22-10-6-8-20(4-2)28-22/h5-16H,3-4H2,1-2H3. The van der Waals surface area contributed by atoms with Crippen molar-refractivity contribution in [3.63, 3.8) is 0 Å². The molecule has 4 aromatic heterocycles. The second kappa shape index (κ2) is 7.64. The molecule has 0 fully saturated rings. The van der Waals surface area contributed by atoms with E-state index in [0.29, 0.717) is 0 Å². The molecular weight excluding hydrogens is 368 g/mol. The molecular formula is C26H22N4. The predicted octanol–water partition coefficient (Wildman–Crippen LogP) is 6.03. The molecule has 0 spiro atoms. The van der Waals surface area contributed by atoms with Gasteiger partial charge in [-0.1, -0.05) is 50.2 Å². The highest BCUT2D eigenvalue weighted by atomic mass is 14.8. The van der Waals surface area contributed by atoms with Crippen LogP contribution >= 0.6 is 0 Å². The minimum absolute atomic E-state index is 0.864. The maximum absolute atomic E-state index is 4.97. The Labute approximate surface area is 175 Å². The van der Waals surface area contributed by atoms with E-state index in [-0.39, 0.29) is 0 Å². The van der Waals surface area contributed by atoms with Gasteiger partial charge in [-0.15, -0.1) is 0 Å². The van der Waals surface area contributed by atoms with E-state index in [1.807, 2.05) is 48.5 Å². The van der Waals surface area contributed by atoms with Crippen molar-refractivity contribution < 1.29 is 0 Å². The number of hydrogen-bond acceptors (Lipinski definition) is 4. The monoisotopic (exact) mass is 390 g/mol. The molecule has 5 aromatic rings. The van der Waals surface area contributed by atoms with Gasteiger partial charge in [-0.05, 0) is 49.2 Å². The zero-order valence-electron chi connectivity index (χ0n) is 17.1. The molecule has 4 heterocycles. The smallest absolute Gasteiger partial charge is 0.0973 e. The molecule has 30 heavy (non-hydrogen) atoms. The second-order valence-electron chi connectivity index (χ2n) is 7.34. The van der Waals surface area contributed by atoms with E-state index in [1.54, 1.807) is 0 Å². The number of aryl methyl sites for hydroxylation is 2. The van der Waals surface area contributed by atoms with Crippen LogP contribution < -0.4 is 0 Å². The van der Waals surface area contributed by atoms with Crippen LogP contribution in [0.25, 0.3) is 44.6 Å². The van der Waals surface area contributed by atoms with Crippen molar-refractivity contribution in [2.45, 2.75) is 26.7 Å². The second-order valence-corrected chi connectivity index (χ2v) is 7.34. The Morgan fingerprint density at radius 3 is 1.30 bits per heavy atom. The normalized spacial score (nSPS) is 11.3. The third-order valence-electron chi connectivity index (χ3n) is 5.38. The maximum atomic E-state index is 4.97. The van der Waals surface area contributed by atoms with Crippen LogP contribution in [0, 0.1) is 0 Å². The molecule has 0 aliphatic rings. The van der Waals surface area contributed by atoms with Gasteiger partial charge in [0.1, 0.15) is 0 Å². The molecule has 0 N–H and O–H groups in total. The van der Waals surface area contributed by atoms with Crippen molar-refractivity contribution in [2.24, 2.45) is 0 Å². The molecule has 0 aliphatic heterocycles. The fourth-order valence-electron chi connectivity index (χ4n) is 3.69. The fourth-order valence-corrected chi connectivity index (χ4v) is 3.69. The number of hydrogen-bond donors (Lipinski definition) is 0. The highest BCUT2D eigenvalue weighted by Crippen LogP contribution is 2.28. The van der Waals surface area contributed by atoms with E-state index in [4.69, 9.17) is 19.9 Å².